The smallest absolute Gasteiger partial charge is 0.169 e. The number of Topliss-reactive ketones (excluding diaryl/α,β-unsaturated/α-hetero) is 1. The van der Waals surface area contributed by atoms with Crippen molar-refractivity contribution in [2.75, 3.05) is 0 Å². The predicted octanol–water partition coefficient (Wildman–Crippen LogP) is 2.75. The molecule has 1 aromatic rings. The summed E-state index contributed by atoms with van der Waals surface area (Å²) in [5, 5.41) is 1.90. The highest BCUT2D eigenvalue weighted by Gasteiger charge is 1.95. The van der Waals surface area contributed by atoms with E-state index in [2.05, 4.69) is 13.2 Å². The van der Waals surface area contributed by atoms with Crippen LogP contribution in [0.25, 0.3) is 0 Å². The largest absolute Gasteiger partial charge is 0.294 e. The molecule has 1 nitrogen and oxygen atoms in total. The zero-order chi connectivity index (χ0) is 7.98. The summed E-state index contributed by atoms with van der Waals surface area (Å²) in [7, 11) is 0. The Morgan fingerprint density at radius 2 is 2.20 bits per heavy atom. The summed E-state index contributed by atoms with van der Waals surface area (Å²) < 4.78 is 0. The van der Waals surface area contributed by atoms with E-state index in [0.29, 0.717) is 0 Å². The molecule has 0 atom stereocenters. The SMILES string of the molecule is C=C.CC(=O)c1cccs1. The first-order valence-electron chi connectivity index (χ1n) is 2.85. The van der Waals surface area contributed by atoms with E-state index >= 15 is 0 Å². The van der Waals surface area contributed by atoms with Crippen LogP contribution in [0.15, 0.2) is 30.7 Å². The van der Waals surface area contributed by atoms with Gasteiger partial charge in [0, 0.05) is 0 Å². The van der Waals surface area contributed by atoms with E-state index in [9.17, 15) is 4.79 Å². The van der Waals surface area contributed by atoms with Gasteiger partial charge in [-0.15, -0.1) is 24.5 Å². The Kier molecular flexibility index (Phi) is 4.50. The van der Waals surface area contributed by atoms with Gasteiger partial charge in [-0.3, -0.25) is 4.79 Å². The lowest BCUT2D eigenvalue weighted by molar-refractivity contribution is 0.102. The van der Waals surface area contributed by atoms with Crippen molar-refractivity contribution in [2.24, 2.45) is 0 Å². The second-order valence-corrected chi connectivity index (χ2v) is 2.48. The summed E-state index contributed by atoms with van der Waals surface area (Å²) in [6, 6.07) is 3.70. The van der Waals surface area contributed by atoms with E-state index in [1.807, 2.05) is 17.5 Å². The first kappa shape index (κ1) is 9.11. The van der Waals surface area contributed by atoms with Crippen LogP contribution in [-0.4, -0.2) is 5.78 Å². The maximum Gasteiger partial charge on any atom is 0.169 e. The van der Waals surface area contributed by atoms with E-state index in [4.69, 9.17) is 0 Å². The molecular weight excluding hydrogens is 144 g/mol. The van der Waals surface area contributed by atoms with Crippen molar-refractivity contribution in [1.82, 2.24) is 0 Å². The zero-order valence-corrected chi connectivity index (χ0v) is 6.78. The first-order valence-corrected chi connectivity index (χ1v) is 3.73. The first-order chi connectivity index (χ1) is 4.80. The van der Waals surface area contributed by atoms with E-state index in [1.165, 1.54) is 11.3 Å². The Bertz CT molecular complexity index is 189. The second-order valence-electron chi connectivity index (χ2n) is 1.53. The molecule has 1 aromatic heterocycles. The third kappa shape index (κ3) is 2.60. The number of hydrogen-bond acceptors (Lipinski definition) is 2. The minimum atomic E-state index is 0.153. The van der Waals surface area contributed by atoms with Gasteiger partial charge in [-0.05, 0) is 18.4 Å². The lowest BCUT2D eigenvalue weighted by Gasteiger charge is -1.79. The van der Waals surface area contributed by atoms with Gasteiger partial charge in [0.15, 0.2) is 5.78 Å². The average molecular weight is 154 g/mol. The molecule has 1 heterocycles. The summed E-state index contributed by atoms with van der Waals surface area (Å²) in [5.74, 6) is 0.153. The Labute approximate surface area is 65.0 Å². The van der Waals surface area contributed by atoms with E-state index < -0.39 is 0 Å². The maximum absolute atomic E-state index is 10.5. The molecule has 0 saturated carbocycles. The second kappa shape index (κ2) is 4.94. The van der Waals surface area contributed by atoms with Gasteiger partial charge in [-0.1, -0.05) is 6.07 Å². The average Bonchev–Trinajstić information content (AvgIpc) is 2.42. The van der Waals surface area contributed by atoms with Crippen LogP contribution in [-0.2, 0) is 0 Å². The van der Waals surface area contributed by atoms with Crippen LogP contribution >= 0.6 is 11.3 Å². The summed E-state index contributed by atoms with van der Waals surface area (Å²) in [5.41, 5.74) is 0. The monoisotopic (exact) mass is 154 g/mol. The van der Waals surface area contributed by atoms with E-state index in [1.54, 1.807) is 6.92 Å². The van der Waals surface area contributed by atoms with Crippen molar-refractivity contribution in [3.63, 3.8) is 0 Å². The highest BCUT2D eigenvalue weighted by molar-refractivity contribution is 7.12. The Balaban J connectivity index is 0.000000371. The molecule has 0 aliphatic heterocycles. The number of carbonyl (C=O) groups excluding carboxylic acids is 1. The highest BCUT2D eigenvalue weighted by Crippen LogP contribution is 2.07. The van der Waals surface area contributed by atoms with Gasteiger partial charge in [-0.25, -0.2) is 0 Å². The van der Waals surface area contributed by atoms with Crippen LogP contribution in [0.2, 0.25) is 0 Å². The fraction of sp³-hybridized carbons (Fsp3) is 0.125. The quantitative estimate of drug-likeness (QED) is 0.449. The third-order valence-electron chi connectivity index (χ3n) is 0.868. The number of rotatable bonds is 1. The van der Waals surface area contributed by atoms with Crippen LogP contribution in [0.5, 0.6) is 0 Å². The van der Waals surface area contributed by atoms with Crippen molar-refractivity contribution < 1.29 is 4.79 Å². The van der Waals surface area contributed by atoms with Crippen molar-refractivity contribution >= 4 is 17.1 Å². The van der Waals surface area contributed by atoms with Crippen molar-refractivity contribution in [2.45, 2.75) is 6.92 Å². The zero-order valence-electron chi connectivity index (χ0n) is 5.96. The molecule has 0 bridgehead atoms. The van der Waals surface area contributed by atoms with Crippen molar-refractivity contribution in [1.29, 1.82) is 0 Å². The molecule has 0 spiro atoms. The van der Waals surface area contributed by atoms with Gasteiger partial charge >= 0.3 is 0 Å². The highest BCUT2D eigenvalue weighted by atomic mass is 32.1. The molecule has 10 heavy (non-hydrogen) atoms. The molecule has 0 radical (unpaired) electrons. The Hall–Kier alpha value is -0.890. The van der Waals surface area contributed by atoms with Gasteiger partial charge in [0.2, 0.25) is 0 Å². The molecule has 0 aromatic carbocycles. The van der Waals surface area contributed by atoms with Crippen molar-refractivity contribution in [3.8, 4) is 0 Å². The maximum atomic E-state index is 10.5. The molecule has 0 aliphatic carbocycles. The number of hydrogen-bond donors (Lipinski definition) is 0. The van der Waals surface area contributed by atoms with Gasteiger partial charge in [-0.2, -0.15) is 0 Å². The van der Waals surface area contributed by atoms with Crippen LogP contribution in [0.4, 0.5) is 0 Å². The van der Waals surface area contributed by atoms with Gasteiger partial charge in [0.1, 0.15) is 0 Å². The number of carbonyl (C=O) groups is 1. The fourth-order valence-corrected chi connectivity index (χ4v) is 1.11. The van der Waals surface area contributed by atoms with E-state index in [-0.39, 0.29) is 5.78 Å². The van der Waals surface area contributed by atoms with E-state index in [0.717, 1.165) is 4.88 Å². The Morgan fingerprint density at radius 1 is 1.60 bits per heavy atom. The third-order valence-corrected chi connectivity index (χ3v) is 1.84. The predicted molar refractivity (Wildman–Crippen MR) is 45.6 cm³/mol. The standard InChI is InChI=1S/C6H6OS.C2H4/c1-5(7)6-3-2-4-8-6;1-2/h2-4H,1H3;1-2H2. The Morgan fingerprint density at radius 3 is 2.40 bits per heavy atom. The summed E-state index contributed by atoms with van der Waals surface area (Å²) in [6.45, 7) is 7.58. The van der Waals surface area contributed by atoms with Crippen LogP contribution in [0.3, 0.4) is 0 Å². The summed E-state index contributed by atoms with van der Waals surface area (Å²) in [4.78, 5) is 11.4. The summed E-state index contributed by atoms with van der Waals surface area (Å²) in [6.07, 6.45) is 0. The molecular formula is C8H10OS. The van der Waals surface area contributed by atoms with Gasteiger partial charge < -0.3 is 0 Å². The molecule has 1 rings (SSSR count). The molecule has 0 saturated heterocycles. The number of ketones is 1. The fourth-order valence-electron chi connectivity index (χ4n) is 0.479. The van der Waals surface area contributed by atoms with Gasteiger partial charge in [0.25, 0.3) is 0 Å². The molecule has 2 heteroatoms. The molecule has 0 unspecified atom stereocenters. The topological polar surface area (TPSA) is 17.1 Å². The minimum Gasteiger partial charge on any atom is -0.294 e. The lowest BCUT2D eigenvalue weighted by Crippen LogP contribution is -1.83. The molecule has 0 N–H and O–H groups in total. The summed E-state index contributed by atoms with van der Waals surface area (Å²) >= 11 is 1.48. The van der Waals surface area contributed by atoms with Crippen LogP contribution < -0.4 is 0 Å². The number of thiophene rings is 1. The van der Waals surface area contributed by atoms with Crippen LogP contribution in [0, 0.1) is 0 Å². The molecule has 0 fully saturated rings. The molecule has 0 amide bonds. The van der Waals surface area contributed by atoms with Crippen molar-refractivity contribution in [3.05, 3.63) is 35.5 Å². The lowest BCUT2D eigenvalue weighted by atomic mass is 10.4. The van der Waals surface area contributed by atoms with Gasteiger partial charge in [0.05, 0.1) is 4.88 Å². The normalized spacial score (nSPS) is 7.70. The molecule has 0 aliphatic rings. The van der Waals surface area contributed by atoms with Crippen LogP contribution in [0.1, 0.15) is 16.6 Å². The minimum absolute atomic E-state index is 0.153. The molecule has 54 valence electrons.